The lowest BCUT2D eigenvalue weighted by Gasteiger charge is -2.43. The number of ether oxygens (including phenoxy) is 2. The molecule has 0 fully saturated rings. The summed E-state index contributed by atoms with van der Waals surface area (Å²) >= 11 is 0. The monoisotopic (exact) mass is 403 g/mol. The number of carboxylic acid groups (broad SMARTS) is 1. The average molecular weight is 403 g/mol. The number of nitrogens with zero attached hydrogens (tertiary/aromatic N) is 1. The Morgan fingerprint density at radius 1 is 1.03 bits per heavy atom. The summed E-state index contributed by atoms with van der Waals surface area (Å²) in [6.45, 7) is 3.40. The van der Waals surface area contributed by atoms with Crippen molar-refractivity contribution in [3.63, 3.8) is 0 Å². The van der Waals surface area contributed by atoms with Crippen LogP contribution in [0.1, 0.15) is 31.4 Å². The number of rotatable bonds is 7. The third-order valence-electron chi connectivity index (χ3n) is 6.15. The second-order valence-electron chi connectivity index (χ2n) is 7.39. The van der Waals surface area contributed by atoms with Crippen LogP contribution in [0.5, 0.6) is 11.5 Å². The summed E-state index contributed by atoms with van der Waals surface area (Å²) in [7, 11) is 3.09. The molecule has 0 amide bonds. The normalized spacial score (nSPS) is 14.9. The van der Waals surface area contributed by atoms with Gasteiger partial charge < -0.3 is 14.6 Å². The third kappa shape index (κ3) is 2.96. The molecule has 0 saturated carbocycles. The first-order valence-electron chi connectivity index (χ1n) is 9.75. The smallest absolute Gasteiger partial charge is 0.325 e. The van der Waals surface area contributed by atoms with Gasteiger partial charge in [0.1, 0.15) is 11.5 Å². The lowest BCUT2D eigenvalue weighted by atomic mass is 9.55. The zero-order valence-electron chi connectivity index (χ0n) is 17.6. The molecule has 3 aromatic rings. The molecular weight excluding hydrogens is 378 g/mol. The van der Waals surface area contributed by atoms with Crippen molar-refractivity contribution in [2.24, 2.45) is 5.41 Å². The Bertz CT molecular complexity index is 1130. The first-order chi connectivity index (χ1) is 14.4. The maximum atomic E-state index is 12.6. The maximum Gasteiger partial charge on any atom is 0.325 e. The molecule has 5 nitrogen and oxygen atoms in total. The van der Waals surface area contributed by atoms with Crippen LogP contribution in [0, 0.1) is 16.7 Å². The Labute approximate surface area is 176 Å². The molecule has 30 heavy (non-hydrogen) atoms. The van der Waals surface area contributed by atoms with Crippen molar-refractivity contribution >= 4 is 16.7 Å². The summed E-state index contributed by atoms with van der Waals surface area (Å²) in [6.07, 6.45) is 0.375. The maximum absolute atomic E-state index is 12.6. The van der Waals surface area contributed by atoms with Crippen LogP contribution < -0.4 is 9.47 Å². The molecule has 0 heterocycles. The Kier molecular flexibility index (Phi) is 5.71. The quantitative estimate of drug-likeness (QED) is 0.589. The van der Waals surface area contributed by atoms with E-state index in [-0.39, 0.29) is 0 Å². The van der Waals surface area contributed by atoms with Gasteiger partial charge in [0.15, 0.2) is 5.41 Å². The van der Waals surface area contributed by atoms with Gasteiger partial charge in [-0.2, -0.15) is 5.26 Å². The highest BCUT2D eigenvalue weighted by Crippen LogP contribution is 2.54. The fraction of sp³-hybridized carbons (Fsp3) is 0.280. The van der Waals surface area contributed by atoms with Crippen molar-refractivity contribution in [1.82, 2.24) is 0 Å². The number of hydrogen-bond donors (Lipinski definition) is 1. The van der Waals surface area contributed by atoms with E-state index in [0.717, 1.165) is 16.3 Å². The molecule has 0 bridgehead atoms. The van der Waals surface area contributed by atoms with Crippen LogP contribution in [0.15, 0.2) is 60.7 Å². The molecule has 5 heteroatoms. The van der Waals surface area contributed by atoms with Crippen molar-refractivity contribution in [2.45, 2.75) is 25.7 Å². The number of carboxylic acids is 1. The van der Waals surface area contributed by atoms with Gasteiger partial charge in [-0.1, -0.05) is 55.5 Å². The molecular formula is C25H25NO4. The van der Waals surface area contributed by atoms with E-state index in [1.807, 2.05) is 55.5 Å². The minimum atomic E-state index is -1.76. The van der Waals surface area contributed by atoms with E-state index in [2.05, 4.69) is 6.07 Å². The van der Waals surface area contributed by atoms with Crippen LogP contribution in [0.4, 0.5) is 0 Å². The van der Waals surface area contributed by atoms with Crippen molar-refractivity contribution in [1.29, 1.82) is 5.26 Å². The van der Waals surface area contributed by atoms with Crippen molar-refractivity contribution in [3.05, 3.63) is 71.8 Å². The lowest BCUT2D eigenvalue weighted by Crippen LogP contribution is -2.49. The summed E-state index contributed by atoms with van der Waals surface area (Å²) in [5, 5.41) is 22.3. The predicted molar refractivity (Wildman–Crippen MR) is 116 cm³/mol. The number of nitriles is 1. The molecule has 3 rings (SSSR count). The molecule has 2 unspecified atom stereocenters. The van der Waals surface area contributed by atoms with E-state index >= 15 is 0 Å². The van der Waals surface area contributed by atoms with E-state index in [0.29, 0.717) is 23.5 Å². The average Bonchev–Trinajstić information content (AvgIpc) is 2.79. The fourth-order valence-electron chi connectivity index (χ4n) is 4.49. The Balaban J connectivity index is 2.54. The second kappa shape index (κ2) is 8.08. The third-order valence-corrected chi connectivity index (χ3v) is 6.15. The van der Waals surface area contributed by atoms with Crippen LogP contribution >= 0.6 is 0 Å². The standard InChI is InChI=1S/C25H25NO4/c1-5-25(24(2,16-26)23(27)28,21-14-13-18(29-3)15-22(21)30-4)20-12-8-10-17-9-6-7-11-19(17)20/h6-15H,5H2,1-4H3,(H,27,28). The molecule has 0 radical (unpaired) electrons. The highest BCUT2D eigenvalue weighted by atomic mass is 16.5. The first-order valence-corrected chi connectivity index (χ1v) is 9.75. The molecule has 1 N–H and O–H groups in total. The first kappa shape index (κ1) is 21.2. The number of benzene rings is 3. The summed E-state index contributed by atoms with van der Waals surface area (Å²) in [5.41, 5.74) is -1.52. The number of hydrogen-bond acceptors (Lipinski definition) is 4. The zero-order valence-corrected chi connectivity index (χ0v) is 17.6. The Hall–Kier alpha value is -3.52. The van der Waals surface area contributed by atoms with Crippen LogP contribution in [0.25, 0.3) is 10.8 Å². The van der Waals surface area contributed by atoms with Crippen LogP contribution in [0.2, 0.25) is 0 Å². The van der Waals surface area contributed by atoms with Gasteiger partial charge >= 0.3 is 5.97 Å². The van der Waals surface area contributed by atoms with Crippen molar-refractivity contribution in [3.8, 4) is 17.6 Å². The van der Waals surface area contributed by atoms with E-state index in [9.17, 15) is 15.2 Å². The molecule has 0 spiro atoms. The second-order valence-corrected chi connectivity index (χ2v) is 7.39. The molecule has 154 valence electrons. The summed E-state index contributed by atoms with van der Waals surface area (Å²) in [5.74, 6) is -0.114. The number of carbonyl (C=O) groups is 1. The topological polar surface area (TPSA) is 79.5 Å². The number of fused-ring (bicyclic) bond motifs is 1. The van der Waals surface area contributed by atoms with Gasteiger partial charge in [0.2, 0.25) is 0 Å². The van der Waals surface area contributed by atoms with Gasteiger partial charge in [-0.05, 0) is 35.7 Å². The van der Waals surface area contributed by atoms with Crippen LogP contribution in [0.3, 0.4) is 0 Å². The Morgan fingerprint density at radius 3 is 2.33 bits per heavy atom. The van der Waals surface area contributed by atoms with Crippen molar-refractivity contribution < 1.29 is 19.4 Å². The van der Waals surface area contributed by atoms with E-state index in [1.54, 1.807) is 19.2 Å². The van der Waals surface area contributed by atoms with Crippen LogP contribution in [-0.4, -0.2) is 25.3 Å². The summed E-state index contributed by atoms with van der Waals surface area (Å²) in [6, 6.07) is 21.0. The Morgan fingerprint density at radius 2 is 1.73 bits per heavy atom. The SMILES string of the molecule is CCC(c1ccc(OC)cc1OC)(c1cccc2ccccc12)C(C)(C#N)C(=O)O. The van der Waals surface area contributed by atoms with Gasteiger partial charge in [-0.15, -0.1) is 0 Å². The number of aliphatic carboxylic acids is 1. The minimum absolute atomic E-state index is 0.375. The van der Waals surface area contributed by atoms with Gasteiger partial charge in [0, 0.05) is 11.6 Å². The minimum Gasteiger partial charge on any atom is -0.497 e. The fourth-order valence-corrected chi connectivity index (χ4v) is 4.49. The van der Waals surface area contributed by atoms with Gasteiger partial charge in [0.05, 0.1) is 25.7 Å². The lowest BCUT2D eigenvalue weighted by molar-refractivity contribution is -0.147. The van der Waals surface area contributed by atoms with Gasteiger partial charge in [-0.25, -0.2) is 0 Å². The van der Waals surface area contributed by atoms with E-state index in [4.69, 9.17) is 9.47 Å². The van der Waals surface area contributed by atoms with Crippen molar-refractivity contribution in [2.75, 3.05) is 14.2 Å². The van der Waals surface area contributed by atoms with Crippen LogP contribution in [-0.2, 0) is 10.2 Å². The van der Waals surface area contributed by atoms with E-state index < -0.39 is 16.8 Å². The highest BCUT2D eigenvalue weighted by Gasteiger charge is 2.57. The molecule has 0 aromatic heterocycles. The summed E-state index contributed by atoms with van der Waals surface area (Å²) < 4.78 is 11.0. The van der Waals surface area contributed by atoms with Gasteiger partial charge in [-0.3, -0.25) is 4.79 Å². The number of methoxy groups -OCH3 is 2. The molecule has 0 aliphatic carbocycles. The van der Waals surface area contributed by atoms with E-state index in [1.165, 1.54) is 14.0 Å². The molecule has 3 aromatic carbocycles. The zero-order chi connectivity index (χ0) is 21.9. The highest BCUT2D eigenvalue weighted by molar-refractivity contribution is 5.90. The van der Waals surface area contributed by atoms with Gasteiger partial charge in [0.25, 0.3) is 0 Å². The largest absolute Gasteiger partial charge is 0.497 e. The molecule has 0 aliphatic heterocycles. The summed E-state index contributed by atoms with van der Waals surface area (Å²) in [4.78, 5) is 12.6. The molecule has 2 atom stereocenters. The molecule has 0 aliphatic rings. The predicted octanol–water partition coefficient (Wildman–Crippen LogP) is 5.17. The molecule has 0 saturated heterocycles.